The van der Waals surface area contributed by atoms with Crippen LogP contribution < -0.4 is 4.74 Å². The van der Waals surface area contributed by atoms with Gasteiger partial charge >= 0.3 is 0 Å². The summed E-state index contributed by atoms with van der Waals surface area (Å²) in [6.07, 6.45) is 0. The second-order valence-electron chi connectivity index (χ2n) is 5.48. The van der Waals surface area contributed by atoms with Crippen LogP contribution in [-0.2, 0) is 0 Å². The van der Waals surface area contributed by atoms with Gasteiger partial charge in [-0.3, -0.25) is 0 Å². The summed E-state index contributed by atoms with van der Waals surface area (Å²) in [5.74, 6) is 0.883. The molecule has 5 aromatic rings. The lowest BCUT2D eigenvalue weighted by atomic mass is 10.2. The van der Waals surface area contributed by atoms with Crippen molar-refractivity contribution in [1.29, 1.82) is 0 Å². The molecule has 0 aliphatic heterocycles. The van der Waals surface area contributed by atoms with Crippen LogP contribution >= 0.6 is 22.7 Å². The molecule has 0 fully saturated rings. The number of fused-ring (bicyclic) bond motifs is 5. The third-order valence-corrected chi connectivity index (χ3v) is 6.17. The Morgan fingerprint density at radius 3 is 2.57 bits per heavy atom. The van der Waals surface area contributed by atoms with E-state index in [0.717, 1.165) is 5.75 Å². The zero-order chi connectivity index (χ0) is 15.4. The largest absolute Gasteiger partial charge is 0.497 e. The molecule has 0 saturated heterocycles. The van der Waals surface area contributed by atoms with E-state index in [-0.39, 0.29) is 0 Å². The molecule has 0 bridgehead atoms. The lowest BCUT2D eigenvalue weighted by Crippen LogP contribution is -1.93. The zero-order valence-electron chi connectivity index (χ0n) is 12.4. The molecular formula is C19H13NOS2. The first-order chi connectivity index (χ1) is 11.4. The first-order valence-electron chi connectivity index (χ1n) is 7.39. The minimum atomic E-state index is 0.883. The molecule has 0 amide bonds. The van der Waals surface area contributed by atoms with E-state index in [1.54, 1.807) is 18.4 Å². The monoisotopic (exact) mass is 335 g/mol. The summed E-state index contributed by atoms with van der Waals surface area (Å²) in [6.45, 7) is 0. The molecule has 0 radical (unpaired) electrons. The normalized spacial score (nSPS) is 11.7. The molecule has 23 heavy (non-hydrogen) atoms. The molecule has 0 unspecified atom stereocenters. The Morgan fingerprint density at radius 1 is 0.913 bits per heavy atom. The number of thiophene rings is 2. The van der Waals surface area contributed by atoms with Gasteiger partial charge in [0, 0.05) is 31.9 Å². The van der Waals surface area contributed by atoms with Crippen molar-refractivity contribution >= 4 is 53.9 Å². The number of ether oxygens (including phenoxy) is 1. The van der Waals surface area contributed by atoms with Crippen molar-refractivity contribution in [2.24, 2.45) is 0 Å². The Morgan fingerprint density at radius 2 is 1.74 bits per heavy atom. The van der Waals surface area contributed by atoms with Crippen molar-refractivity contribution in [2.75, 3.05) is 7.11 Å². The van der Waals surface area contributed by atoms with Gasteiger partial charge in [0.05, 0.1) is 22.8 Å². The molecule has 4 heteroatoms. The van der Waals surface area contributed by atoms with Crippen molar-refractivity contribution in [3.05, 3.63) is 59.3 Å². The van der Waals surface area contributed by atoms with Gasteiger partial charge in [-0.1, -0.05) is 18.2 Å². The maximum atomic E-state index is 5.30. The Labute approximate surface area is 141 Å². The average Bonchev–Trinajstić information content (AvgIpc) is 3.26. The number of rotatable bonds is 2. The summed E-state index contributed by atoms with van der Waals surface area (Å²) in [5, 5.41) is 7.17. The number of methoxy groups -OCH3 is 1. The Bertz CT molecular complexity index is 1140. The van der Waals surface area contributed by atoms with Crippen molar-refractivity contribution < 1.29 is 4.74 Å². The van der Waals surface area contributed by atoms with E-state index in [4.69, 9.17) is 4.74 Å². The molecule has 0 saturated carbocycles. The molecule has 2 nitrogen and oxygen atoms in total. The molecule has 5 rings (SSSR count). The smallest absolute Gasteiger partial charge is 0.119 e. The van der Waals surface area contributed by atoms with Crippen LogP contribution in [0.2, 0.25) is 0 Å². The van der Waals surface area contributed by atoms with E-state index in [0.29, 0.717) is 0 Å². The molecule has 3 aromatic heterocycles. The fourth-order valence-corrected chi connectivity index (χ4v) is 5.28. The van der Waals surface area contributed by atoms with Gasteiger partial charge in [0.2, 0.25) is 0 Å². The molecule has 112 valence electrons. The van der Waals surface area contributed by atoms with Crippen LogP contribution in [0, 0.1) is 0 Å². The predicted octanol–water partition coefficient (Wildman–Crippen LogP) is 6.07. The molecular weight excluding hydrogens is 322 g/mol. The van der Waals surface area contributed by atoms with Gasteiger partial charge in [-0.2, -0.15) is 0 Å². The average molecular weight is 335 g/mol. The minimum Gasteiger partial charge on any atom is -0.497 e. The van der Waals surface area contributed by atoms with Crippen LogP contribution in [0.1, 0.15) is 0 Å². The Balaban J connectivity index is 1.94. The summed E-state index contributed by atoms with van der Waals surface area (Å²) < 4.78 is 10.4. The minimum absolute atomic E-state index is 0.883. The SMILES string of the molecule is COc1ccc(-n2c3cscc3c3sc4ccccc4c32)cc1. The molecule has 3 heterocycles. The summed E-state index contributed by atoms with van der Waals surface area (Å²) in [6, 6.07) is 17.0. The van der Waals surface area contributed by atoms with Gasteiger partial charge in [0.1, 0.15) is 5.75 Å². The van der Waals surface area contributed by atoms with E-state index in [1.807, 2.05) is 23.5 Å². The highest BCUT2D eigenvalue weighted by Crippen LogP contribution is 2.43. The number of hydrogen-bond donors (Lipinski definition) is 0. The Kier molecular flexibility index (Phi) is 2.77. The first kappa shape index (κ1) is 13.2. The van der Waals surface area contributed by atoms with Gasteiger partial charge in [-0.25, -0.2) is 0 Å². The van der Waals surface area contributed by atoms with Crippen molar-refractivity contribution in [3.63, 3.8) is 0 Å². The van der Waals surface area contributed by atoms with Gasteiger partial charge in [0.15, 0.2) is 0 Å². The van der Waals surface area contributed by atoms with E-state index in [1.165, 1.54) is 36.9 Å². The van der Waals surface area contributed by atoms with E-state index in [2.05, 4.69) is 51.7 Å². The lowest BCUT2D eigenvalue weighted by molar-refractivity contribution is 0.415. The number of aromatic nitrogens is 1. The number of nitrogens with zero attached hydrogens (tertiary/aromatic N) is 1. The summed E-state index contributed by atoms with van der Waals surface area (Å²) in [4.78, 5) is 0. The van der Waals surface area contributed by atoms with Gasteiger partial charge < -0.3 is 9.30 Å². The number of hydrogen-bond acceptors (Lipinski definition) is 3. The highest BCUT2D eigenvalue weighted by molar-refractivity contribution is 7.27. The maximum absolute atomic E-state index is 5.30. The molecule has 0 aliphatic rings. The molecule has 0 aliphatic carbocycles. The van der Waals surface area contributed by atoms with Gasteiger partial charge in [-0.05, 0) is 30.3 Å². The molecule has 0 atom stereocenters. The molecule has 0 N–H and O–H groups in total. The van der Waals surface area contributed by atoms with Crippen molar-refractivity contribution in [2.45, 2.75) is 0 Å². The van der Waals surface area contributed by atoms with Crippen LogP contribution in [0.4, 0.5) is 0 Å². The Hall–Kier alpha value is -2.30. The topological polar surface area (TPSA) is 14.2 Å². The summed E-state index contributed by atoms with van der Waals surface area (Å²) in [5.41, 5.74) is 3.77. The van der Waals surface area contributed by atoms with E-state index < -0.39 is 0 Å². The van der Waals surface area contributed by atoms with Crippen LogP contribution in [-0.4, -0.2) is 11.7 Å². The second kappa shape index (κ2) is 4.85. The van der Waals surface area contributed by atoms with Gasteiger partial charge in [-0.15, -0.1) is 22.7 Å². The van der Waals surface area contributed by atoms with Crippen LogP contribution in [0.15, 0.2) is 59.3 Å². The van der Waals surface area contributed by atoms with E-state index >= 15 is 0 Å². The lowest BCUT2D eigenvalue weighted by Gasteiger charge is -2.08. The van der Waals surface area contributed by atoms with Crippen LogP contribution in [0.5, 0.6) is 5.75 Å². The fourth-order valence-electron chi connectivity index (χ4n) is 3.19. The quantitative estimate of drug-likeness (QED) is 0.382. The third kappa shape index (κ3) is 1.79. The zero-order valence-corrected chi connectivity index (χ0v) is 14.1. The van der Waals surface area contributed by atoms with Crippen LogP contribution in [0.25, 0.3) is 36.9 Å². The molecule has 0 spiro atoms. The highest BCUT2D eigenvalue weighted by Gasteiger charge is 2.17. The number of benzene rings is 2. The predicted molar refractivity (Wildman–Crippen MR) is 101 cm³/mol. The molecule has 2 aromatic carbocycles. The highest BCUT2D eigenvalue weighted by atomic mass is 32.1. The maximum Gasteiger partial charge on any atom is 0.119 e. The summed E-state index contributed by atoms with van der Waals surface area (Å²) in [7, 11) is 1.70. The van der Waals surface area contributed by atoms with E-state index in [9.17, 15) is 0 Å². The summed E-state index contributed by atoms with van der Waals surface area (Å²) >= 11 is 3.64. The standard InChI is InChI=1S/C19H13NOS2/c1-21-13-8-6-12(7-9-13)20-16-11-22-10-15(16)19-18(20)14-4-2-3-5-17(14)23-19/h2-11H,1H3. The van der Waals surface area contributed by atoms with Gasteiger partial charge in [0.25, 0.3) is 0 Å². The van der Waals surface area contributed by atoms with Crippen molar-refractivity contribution in [1.82, 2.24) is 4.57 Å². The third-order valence-electron chi connectivity index (χ3n) is 4.25. The fraction of sp³-hybridized carbons (Fsp3) is 0.0526. The van der Waals surface area contributed by atoms with Crippen LogP contribution in [0.3, 0.4) is 0 Å². The second-order valence-corrected chi connectivity index (χ2v) is 7.28. The van der Waals surface area contributed by atoms with Crippen molar-refractivity contribution in [3.8, 4) is 11.4 Å². The first-order valence-corrected chi connectivity index (χ1v) is 9.15.